The molecule has 12 heteroatoms. The maximum absolute atomic E-state index is 12.1. The number of esters is 1. The topological polar surface area (TPSA) is 163 Å². The molecule has 1 aliphatic carbocycles. The van der Waals surface area contributed by atoms with Crippen molar-refractivity contribution in [2.24, 2.45) is 5.92 Å². The Morgan fingerprint density at radius 1 is 1.16 bits per heavy atom. The average Bonchev–Trinajstić information content (AvgIpc) is 3.35. The van der Waals surface area contributed by atoms with E-state index in [1.807, 2.05) is 40.7 Å². The number of nitrogens with zero attached hydrogens (tertiary/aromatic N) is 4. The number of pyridine rings is 1. The molecule has 0 saturated heterocycles. The molecular weight excluding hydrogens is 496 g/mol. The van der Waals surface area contributed by atoms with Gasteiger partial charge in [0.1, 0.15) is 28.0 Å². The molecule has 0 amide bonds. The van der Waals surface area contributed by atoms with Crippen LogP contribution < -0.4 is 10.6 Å². The van der Waals surface area contributed by atoms with Crippen molar-refractivity contribution in [3.8, 4) is 10.6 Å². The summed E-state index contributed by atoms with van der Waals surface area (Å²) in [4.78, 5) is 30.5. The summed E-state index contributed by atoms with van der Waals surface area (Å²) in [5.41, 5.74) is 2.37. The highest BCUT2D eigenvalue weighted by Gasteiger charge is 2.41. The number of ether oxygens (including phenoxy) is 1. The number of hydrogen-bond donors (Lipinski definition) is 5. The Morgan fingerprint density at radius 3 is 2.57 bits per heavy atom. The molecule has 5 N–H and O–H groups in total. The molecule has 4 atom stereocenters. The van der Waals surface area contributed by atoms with Crippen molar-refractivity contribution in [2.75, 3.05) is 23.8 Å². The minimum absolute atomic E-state index is 0.139. The lowest BCUT2D eigenvalue weighted by Crippen LogP contribution is -2.35. The van der Waals surface area contributed by atoms with Crippen LogP contribution in [0.2, 0.25) is 0 Å². The van der Waals surface area contributed by atoms with E-state index in [0.717, 1.165) is 15.9 Å². The van der Waals surface area contributed by atoms with Gasteiger partial charge in [-0.2, -0.15) is 4.98 Å². The van der Waals surface area contributed by atoms with Crippen LogP contribution in [0.5, 0.6) is 0 Å². The van der Waals surface area contributed by atoms with E-state index in [9.17, 15) is 20.1 Å². The fourth-order valence-electron chi connectivity index (χ4n) is 4.39. The van der Waals surface area contributed by atoms with Gasteiger partial charge in [0.15, 0.2) is 0 Å². The molecule has 3 aromatic rings. The number of hydrogen-bond acceptors (Lipinski definition) is 12. The maximum atomic E-state index is 12.1. The summed E-state index contributed by atoms with van der Waals surface area (Å²) in [5.74, 6) is -0.0328. The summed E-state index contributed by atoms with van der Waals surface area (Å²) in [6, 6.07) is 1.37. The lowest BCUT2D eigenvalue weighted by molar-refractivity contribution is -0.154. The van der Waals surface area contributed by atoms with Crippen molar-refractivity contribution in [1.29, 1.82) is 0 Å². The van der Waals surface area contributed by atoms with Crippen molar-refractivity contribution < 1.29 is 24.9 Å². The third-order valence-corrected chi connectivity index (χ3v) is 7.22. The Labute approximate surface area is 219 Å². The monoisotopic (exact) mass is 530 g/mol. The number of thiazole rings is 1. The minimum atomic E-state index is -1.08. The molecule has 11 nitrogen and oxygen atoms in total. The van der Waals surface area contributed by atoms with E-state index in [2.05, 4.69) is 25.6 Å². The molecule has 0 aromatic carbocycles. The van der Waals surface area contributed by atoms with Crippen LogP contribution in [0.1, 0.15) is 45.0 Å². The summed E-state index contributed by atoms with van der Waals surface area (Å²) in [6.07, 6.45) is 0.124. The summed E-state index contributed by atoms with van der Waals surface area (Å²) < 4.78 is 6.33. The lowest BCUT2D eigenvalue weighted by Gasteiger charge is -2.21. The molecule has 200 valence electrons. The number of aryl methyl sites for hydroxylation is 2. The van der Waals surface area contributed by atoms with Crippen LogP contribution in [0.15, 0.2) is 12.3 Å². The normalized spacial score (nSPS) is 21.8. The Bertz CT molecular complexity index is 1280. The van der Waals surface area contributed by atoms with Crippen LogP contribution in [0, 0.1) is 19.8 Å². The molecule has 0 bridgehead atoms. The van der Waals surface area contributed by atoms with Gasteiger partial charge in [0.05, 0.1) is 40.2 Å². The van der Waals surface area contributed by atoms with Crippen molar-refractivity contribution in [3.05, 3.63) is 23.7 Å². The largest absolute Gasteiger partial charge is 0.460 e. The summed E-state index contributed by atoms with van der Waals surface area (Å²) >= 11 is 1.49. The molecule has 1 fully saturated rings. The van der Waals surface area contributed by atoms with Crippen molar-refractivity contribution in [3.63, 3.8) is 0 Å². The number of carbonyl (C=O) groups excluding carboxylic acids is 1. The zero-order valence-electron chi connectivity index (χ0n) is 21.6. The average molecular weight is 531 g/mol. The fraction of sp³-hybridized carbons (Fsp3) is 0.560. The molecular formula is C25H34N6O5S. The zero-order chi connectivity index (χ0) is 26.9. The summed E-state index contributed by atoms with van der Waals surface area (Å²) in [6.45, 7) is 9.24. The van der Waals surface area contributed by atoms with Crippen molar-refractivity contribution in [1.82, 2.24) is 19.9 Å². The number of nitrogens with one attached hydrogen (secondary N) is 2. The lowest BCUT2D eigenvalue weighted by atomic mass is 10.1. The van der Waals surface area contributed by atoms with Gasteiger partial charge in [-0.15, -0.1) is 11.3 Å². The van der Waals surface area contributed by atoms with E-state index >= 15 is 0 Å². The SMILES string of the molecule is Cc1nc(NCCC(=O)OC(C)(C)C)nc(NC2CC(CO)C(O)C2O)c1-c1nc2c(C)nccc2s1. The molecule has 0 spiro atoms. The molecule has 0 aliphatic heterocycles. The molecule has 3 heterocycles. The van der Waals surface area contributed by atoms with Gasteiger partial charge in [-0.25, -0.2) is 9.97 Å². The van der Waals surface area contributed by atoms with E-state index in [-0.39, 0.29) is 25.5 Å². The molecule has 37 heavy (non-hydrogen) atoms. The third kappa shape index (κ3) is 6.15. The molecule has 1 aliphatic rings. The first-order valence-corrected chi connectivity index (χ1v) is 13.1. The third-order valence-electron chi connectivity index (χ3n) is 6.18. The molecule has 1 saturated carbocycles. The van der Waals surface area contributed by atoms with E-state index in [4.69, 9.17) is 9.72 Å². The minimum Gasteiger partial charge on any atom is -0.460 e. The Morgan fingerprint density at radius 2 is 1.92 bits per heavy atom. The van der Waals surface area contributed by atoms with E-state index < -0.39 is 29.8 Å². The van der Waals surface area contributed by atoms with Gasteiger partial charge in [-0.1, -0.05) is 0 Å². The van der Waals surface area contributed by atoms with Crippen LogP contribution in [0.3, 0.4) is 0 Å². The Kier molecular flexibility index (Phi) is 7.93. The van der Waals surface area contributed by atoms with Crippen LogP contribution in [0.25, 0.3) is 20.8 Å². The smallest absolute Gasteiger partial charge is 0.308 e. The number of aliphatic hydroxyl groups is 3. The van der Waals surface area contributed by atoms with Gasteiger partial charge in [0.2, 0.25) is 5.95 Å². The summed E-state index contributed by atoms with van der Waals surface area (Å²) in [7, 11) is 0. The Balaban J connectivity index is 1.65. The van der Waals surface area contributed by atoms with Gasteiger partial charge in [0.25, 0.3) is 0 Å². The standard InChI is InChI=1S/C25H34N6O5S/c1-12-18(23-30-19-13(2)26-8-6-16(19)37-23)22(29-15-10-14(11-32)20(34)21(15)35)31-24(28-12)27-9-7-17(33)36-25(3,4)5/h6,8,14-15,20-21,32,34-35H,7,9-11H2,1-5H3,(H2,27,28,29,31). The number of carbonyl (C=O) groups is 1. The summed E-state index contributed by atoms with van der Waals surface area (Å²) in [5, 5.41) is 37.6. The van der Waals surface area contributed by atoms with Gasteiger partial charge >= 0.3 is 5.97 Å². The molecule has 3 aromatic heterocycles. The predicted octanol–water partition coefficient (Wildman–Crippen LogP) is 2.42. The fourth-order valence-corrected chi connectivity index (χ4v) is 5.51. The zero-order valence-corrected chi connectivity index (χ0v) is 22.5. The first kappa shape index (κ1) is 27.1. The quantitative estimate of drug-likeness (QED) is 0.272. The van der Waals surface area contributed by atoms with E-state index in [1.54, 1.807) is 6.20 Å². The highest BCUT2D eigenvalue weighted by Crippen LogP contribution is 2.38. The van der Waals surface area contributed by atoms with Gasteiger partial charge in [0, 0.05) is 25.3 Å². The number of rotatable bonds is 8. The first-order valence-electron chi connectivity index (χ1n) is 12.3. The van der Waals surface area contributed by atoms with E-state index in [0.29, 0.717) is 34.5 Å². The van der Waals surface area contributed by atoms with Crippen LogP contribution in [0.4, 0.5) is 11.8 Å². The number of fused-ring (bicyclic) bond motifs is 1. The van der Waals surface area contributed by atoms with Crippen molar-refractivity contribution >= 4 is 39.3 Å². The van der Waals surface area contributed by atoms with Gasteiger partial charge < -0.3 is 30.7 Å². The van der Waals surface area contributed by atoms with Gasteiger partial charge in [-0.3, -0.25) is 9.78 Å². The second kappa shape index (κ2) is 10.8. The second-order valence-corrected chi connectivity index (χ2v) is 11.3. The van der Waals surface area contributed by atoms with Gasteiger partial charge in [-0.05, 0) is 47.1 Å². The molecule has 4 rings (SSSR count). The molecule has 0 radical (unpaired) electrons. The number of anilines is 2. The number of aliphatic hydroxyl groups excluding tert-OH is 3. The van der Waals surface area contributed by atoms with E-state index in [1.165, 1.54) is 11.3 Å². The predicted molar refractivity (Wildman–Crippen MR) is 141 cm³/mol. The number of aromatic nitrogens is 4. The van der Waals surface area contributed by atoms with Crippen LogP contribution >= 0.6 is 11.3 Å². The van der Waals surface area contributed by atoms with Crippen LogP contribution in [-0.4, -0.2) is 78.2 Å². The highest BCUT2D eigenvalue weighted by atomic mass is 32.1. The van der Waals surface area contributed by atoms with Crippen molar-refractivity contribution in [2.45, 2.75) is 71.3 Å². The molecule has 4 unspecified atom stereocenters. The highest BCUT2D eigenvalue weighted by molar-refractivity contribution is 7.21. The first-order chi connectivity index (χ1) is 17.5. The second-order valence-electron chi connectivity index (χ2n) is 10.3. The maximum Gasteiger partial charge on any atom is 0.308 e. The van der Waals surface area contributed by atoms with Crippen LogP contribution in [-0.2, 0) is 9.53 Å². The Hall–Kier alpha value is -2.93.